The van der Waals surface area contributed by atoms with Crippen LogP contribution in [0, 0.1) is 13.8 Å². The van der Waals surface area contributed by atoms with Crippen molar-refractivity contribution in [2.45, 2.75) is 20.8 Å². The Kier molecular flexibility index (Phi) is 6.29. The van der Waals surface area contributed by atoms with E-state index in [1.807, 2.05) is 45.0 Å². The average Bonchev–Trinajstić information content (AvgIpc) is 2.72. The predicted molar refractivity (Wildman–Crippen MR) is 116 cm³/mol. The molecule has 3 rings (SSSR count). The minimum atomic E-state index is -0.278. The largest absolute Gasteiger partial charge is 0.492 e. The normalized spacial score (nSPS) is 10.3. The highest BCUT2D eigenvalue weighted by Crippen LogP contribution is 2.24. The molecule has 5 heteroatoms. The Bertz CT molecular complexity index is 1040. The van der Waals surface area contributed by atoms with Crippen molar-refractivity contribution in [1.29, 1.82) is 0 Å². The van der Waals surface area contributed by atoms with Crippen LogP contribution in [-0.4, -0.2) is 18.4 Å². The molecular weight excluding hydrogens is 364 g/mol. The molecule has 29 heavy (non-hydrogen) atoms. The van der Waals surface area contributed by atoms with Crippen molar-refractivity contribution in [3.05, 3.63) is 89.0 Å². The van der Waals surface area contributed by atoms with Crippen LogP contribution in [0.3, 0.4) is 0 Å². The number of hydrogen-bond donors (Lipinski definition) is 2. The van der Waals surface area contributed by atoms with E-state index in [9.17, 15) is 9.59 Å². The molecule has 0 saturated carbocycles. The van der Waals surface area contributed by atoms with E-state index in [1.54, 1.807) is 42.5 Å². The van der Waals surface area contributed by atoms with Gasteiger partial charge in [-0.05, 0) is 74.4 Å². The van der Waals surface area contributed by atoms with Crippen LogP contribution >= 0.6 is 0 Å². The second-order valence-electron chi connectivity index (χ2n) is 6.72. The summed E-state index contributed by atoms with van der Waals surface area (Å²) in [6.45, 7) is 6.37. The van der Waals surface area contributed by atoms with Gasteiger partial charge < -0.3 is 15.4 Å². The van der Waals surface area contributed by atoms with Gasteiger partial charge >= 0.3 is 0 Å². The van der Waals surface area contributed by atoms with E-state index < -0.39 is 0 Å². The highest BCUT2D eigenvalue weighted by atomic mass is 16.5. The zero-order chi connectivity index (χ0) is 20.8. The van der Waals surface area contributed by atoms with Crippen molar-refractivity contribution in [2.75, 3.05) is 17.2 Å². The SMILES string of the molecule is CCOc1ccccc1NC(=O)c1cccc(NC(=O)c2ccc(C)c(C)c2)c1. The average molecular weight is 388 g/mol. The number of rotatable bonds is 6. The molecule has 2 N–H and O–H groups in total. The zero-order valence-electron chi connectivity index (χ0n) is 16.8. The molecule has 2 amide bonds. The monoisotopic (exact) mass is 388 g/mol. The number of ether oxygens (including phenoxy) is 1. The molecule has 0 saturated heterocycles. The lowest BCUT2D eigenvalue weighted by atomic mass is 10.1. The summed E-state index contributed by atoms with van der Waals surface area (Å²) < 4.78 is 5.55. The first kappa shape index (κ1) is 20.1. The van der Waals surface area contributed by atoms with Gasteiger partial charge in [0.15, 0.2) is 0 Å². The summed E-state index contributed by atoms with van der Waals surface area (Å²) >= 11 is 0. The molecule has 0 atom stereocenters. The van der Waals surface area contributed by atoms with Gasteiger partial charge in [0.05, 0.1) is 12.3 Å². The quantitative estimate of drug-likeness (QED) is 0.609. The number of hydrogen-bond acceptors (Lipinski definition) is 3. The second kappa shape index (κ2) is 9.06. The number of para-hydroxylation sites is 2. The Morgan fingerprint density at radius 3 is 2.28 bits per heavy atom. The smallest absolute Gasteiger partial charge is 0.255 e. The lowest BCUT2D eigenvalue weighted by molar-refractivity contribution is 0.101. The van der Waals surface area contributed by atoms with Crippen LogP contribution < -0.4 is 15.4 Å². The summed E-state index contributed by atoms with van der Waals surface area (Å²) in [5.74, 6) is 0.120. The fraction of sp³-hybridized carbons (Fsp3) is 0.167. The fourth-order valence-corrected chi connectivity index (χ4v) is 2.87. The van der Waals surface area contributed by atoms with Gasteiger partial charge in [-0.1, -0.05) is 24.3 Å². The van der Waals surface area contributed by atoms with Gasteiger partial charge in [0.1, 0.15) is 5.75 Å². The Labute approximate surface area is 170 Å². The number of carbonyl (C=O) groups is 2. The van der Waals surface area contributed by atoms with Crippen molar-refractivity contribution in [2.24, 2.45) is 0 Å². The van der Waals surface area contributed by atoms with E-state index in [-0.39, 0.29) is 11.8 Å². The molecule has 0 spiro atoms. The molecule has 0 fully saturated rings. The lowest BCUT2D eigenvalue weighted by Crippen LogP contribution is -2.15. The molecule has 0 unspecified atom stereocenters. The molecule has 0 aliphatic carbocycles. The topological polar surface area (TPSA) is 67.4 Å². The molecule has 0 radical (unpaired) electrons. The van der Waals surface area contributed by atoms with Crippen LogP contribution in [0.25, 0.3) is 0 Å². The van der Waals surface area contributed by atoms with Crippen molar-refractivity contribution in [3.8, 4) is 5.75 Å². The van der Waals surface area contributed by atoms with Crippen molar-refractivity contribution in [1.82, 2.24) is 0 Å². The number of nitrogens with one attached hydrogen (secondary N) is 2. The molecule has 0 aromatic heterocycles. The van der Waals surface area contributed by atoms with Crippen LogP contribution in [0.1, 0.15) is 38.8 Å². The van der Waals surface area contributed by atoms with Crippen LogP contribution in [0.15, 0.2) is 66.7 Å². The zero-order valence-corrected chi connectivity index (χ0v) is 16.8. The summed E-state index contributed by atoms with van der Waals surface area (Å²) in [5, 5.41) is 5.71. The lowest BCUT2D eigenvalue weighted by Gasteiger charge is -2.12. The van der Waals surface area contributed by atoms with Crippen molar-refractivity contribution in [3.63, 3.8) is 0 Å². The van der Waals surface area contributed by atoms with Crippen LogP contribution in [0.5, 0.6) is 5.75 Å². The van der Waals surface area contributed by atoms with E-state index in [1.165, 1.54) is 0 Å². The van der Waals surface area contributed by atoms with E-state index in [2.05, 4.69) is 10.6 Å². The molecule has 0 aliphatic heterocycles. The van der Waals surface area contributed by atoms with Gasteiger partial charge in [-0.15, -0.1) is 0 Å². The number of benzene rings is 3. The van der Waals surface area contributed by atoms with E-state index in [4.69, 9.17) is 4.74 Å². The van der Waals surface area contributed by atoms with Gasteiger partial charge in [-0.25, -0.2) is 0 Å². The van der Waals surface area contributed by atoms with Crippen molar-refractivity contribution < 1.29 is 14.3 Å². The molecule has 0 heterocycles. The van der Waals surface area contributed by atoms with Gasteiger partial charge in [0, 0.05) is 16.8 Å². The van der Waals surface area contributed by atoms with E-state index >= 15 is 0 Å². The number of carbonyl (C=O) groups excluding carboxylic acids is 2. The maximum absolute atomic E-state index is 12.7. The van der Waals surface area contributed by atoms with Gasteiger partial charge in [0.25, 0.3) is 11.8 Å². The Morgan fingerprint density at radius 2 is 1.52 bits per heavy atom. The molecule has 5 nitrogen and oxygen atoms in total. The molecule has 3 aromatic carbocycles. The first-order valence-electron chi connectivity index (χ1n) is 9.49. The van der Waals surface area contributed by atoms with Crippen LogP contribution in [0.2, 0.25) is 0 Å². The fourth-order valence-electron chi connectivity index (χ4n) is 2.87. The number of amides is 2. The van der Waals surface area contributed by atoms with Crippen LogP contribution in [0.4, 0.5) is 11.4 Å². The molecule has 0 aliphatic rings. The standard InChI is InChI=1S/C24H24N2O3/c1-4-29-22-11-6-5-10-21(22)26-24(28)18-8-7-9-20(15-18)25-23(27)19-13-12-16(2)17(3)14-19/h5-15H,4H2,1-3H3,(H,25,27)(H,26,28). The van der Waals surface area contributed by atoms with Gasteiger partial charge in [0.2, 0.25) is 0 Å². The van der Waals surface area contributed by atoms with Crippen LogP contribution in [-0.2, 0) is 0 Å². The summed E-state index contributed by atoms with van der Waals surface area (Å²) in [7, 11) is 0. The van der Waals surface area contributed by atoms with Gasteiger partial charge in [-0.3, -0.25) is 9.59 Å². The number of anilines is 2. The maximum Gasteiger partial charge on any atom is 0.255 e. The summed E-state index contributed by atoms with van der Waals surface area (Å²) in [5.41, 5.74) is 4.36. The van der Waals surface area contributed by atoms with E-state index in [0.717, 1.165) is 11.1 Å². The predicted octanol–water partition coefficient (Wildman–Crippen LogP) is 5.21. The molecule has 148 valence electrons. The molecule has 3 aromatic rings. The first-order chi connectivity index (χ1) is 14.0. The second-order valence-corrected chi connectivity index (χ2v) is 6.72. The van der Waals surface area contributed by atoms with Gasteiger partial charge in [-0.2, -0.15) is 0 Å². The summed E-state index contributed by atoms with van der Waals surface area (Å²) in [4.78, 5) is 25.2. The molecule has 0 bridgehead atoms. The number of aryl methyl sites for hydroxylation is 2. The minimum absolute atomic E-state index is 0.215. The third-order valence-corrected chi connectivity index (χ3v) is 4.59. The maximum atomic E-state index is 12.7. The first-order valence-corrected chi connectivity index (χ1v) is 9.49. The highest BCUT2D eigenvalue weighted by molar-refractivity contribution is 6.07. The third-order valence-electron chi connectivity index (χ3n) is 4.59. The summed E-state index contributed by atoms with van der Waals surface area (Å²) in [6.07, 6.45) is 0. The van der Waals surface area contributed by atoms with E-state index in [0.29, 0.717) is 34.9 Å². The third kappa shape index (κ3) is 5.02. The molecular formula is C24H24N2O3. The van der Waals surface area contributed by atoms with Crippen molar-refractivity contribution >= 4 is 23.2 Å². The summed E-state index contributed by atoms with van der Waals surface area (Å²) in [6, 6.07) is 19.7. The Hall–Kier alpha value is -3.60. The Morgan fingerprint density at radius 1 is 0.793 bits per heavy atom. The highest BCUT2D eigenvalue weighted by Gasteiger charge is 2.12. The minimum Gasteiger partial charge on any atom is -0.492 e. The Balaban J connectivity index is 1.74.